The second-order valence-electron chi connectivity index (χ2n) is 21.5. The van der Waals surface area contributed by atoms with Crippen molar-refractivity contribution in [3.63, 3.8) is 0 Å². The van der Waals surface area contributed by atoms with Crippen LogP contribution in [0.2, 0.25) is 0 Å². The molecule has 272 valence electrons. The Balaban J connectivity index is 1.05. The van der Waals surface area contributed by atoms with Gasteiger partial charge in [0.25, 0.3) is 0 Å². The Morgan fingerprint density at radius 2 is 1.06 bits per heavy atom. The standard InChI is InChI=1S/C52H59N/c1-49(2)18-19-50(3,4)48-45(49)10-7-11-47(48)53(40-14-12-37(13-15-40)51-29-34-21-35(30-51)23-36(22-34)31-51)41-16-17-43-42-8-5-6-9-44(42)52(46(43)28-41)38-24-32-20-33(26-38)27-39(52)25-32/h5-17,28,32-36,38-39H,18-27,29-31H2,1-4H3. The monoisotopic (exact) mass is 697 g/mol. The van der Waals surface area contributed by atoms with Crippen LogP contribution in [0.15, 0.2) is 84.9 Å². The molecule has 0 saturated heterocycles. The van der Waals surface area contributed by atoms with E-state index in [-0.39, 0.29) is 16.2 Å². The fourth-order valence-corrected chi connectivity index (χ4v) is 16.0. The van der Waals surface area contributed by atoms with Crippen LogP contribution < -0.4 is 4.90 Å². The molecule has 4 aromatic rings. The maximum atomic E-state index is 2.73. The van der Waals surface area contributed by atoms with Crippen LogP contribution in [-0.2, 0) is 21.7 Å². The number of nitrogens with zero attached hydrogens (tertiary/aromatic N) is 1. The second kappa shape index (κ2) is 10.7. The molecule has 1 nitrogen and oxygen atoms in total. The first kappa shape index (κ1) is 32.0. The van der Waals surface area contributed by atoms with Crippen molar-refractivity contribution in [1.29, 1.82) is 0 Å². The van der Waals surface area contributed by atoms with Crippen molar-refractivity contribution in [2.24, 2.45) is 41.4 Å². The first-order chi connectivity index (χ1) is 25.6. The fourth-order valence-electron chi connectivity index (χ4n) is 16.0. The lowest BCUT2D eigenvalue weighted by Gasteiger charge is -2.61. The SMILES string of the molecule is CC1(C)CCC(C)(C)c2c(N(c3ccc(C45CC6CC(CC(C6)C4)C5)cc3)c3ccc4c(c3)C3(c5ccccc5-4)C4CC5CC(C4)CC3C5)cccc21. The number of benzene rings is 4. The molecule has 0 N–H and O–H groups in total. The van der Waals surface area contributed by atoms with E-state index < -0.39 is 0 Å². The summed E-state index contributed by atoms with van der Waals surface area (Å²) in [5, 5.41) is 0. The Bertz CT molecular complexity index is 2080. The molecule has 8 bridgehead atoms. The van der Waals surface area contributed by atoms with Gasteiger partial charge >= 0.3 is 0 Å². The summed E-state index contributed by atoms with van der Waals surface area (Å²) in [7, 11) is 0. The highest BCUT2D eigenvalue weighted by Gasteiger charge is 2.61. The van der Waals surface area contributed by atoms with E-state index in [2.05, 4.69) is 118 Å². The highest BCUT2D eigenvalue weighted by molar-refractivity contribution is 5.87. The van der Waals surface area contributed by atoms with Crippen LogP contribution in [0.25, 0.3) is 11.1 Å². The summed E-state index contributed by atoms with van der Waals surface area (Å²) >= 11 is 0. The summed E-state index contributed by atoms with van der Waals surface area (Å²) in [6.45, 7) is 10.00. The molecule has 4 aromatic carbocycles. The molecule has 0 aromatic heterocycles. The van der Waals surface area contributed by atoms with Gasteiger partial charge in [-0.3, -0.25) is 0 Å². The summed E-state index contributed by atoms with van der Waals surface area (Å²) in [6, 6.07) is 34.9. The molecule has 1 heteroatoms. The maximum Gasteiger partial charge on any atom is 0.0502 e. The van der Waals surface area contributed by atoms with Gasteiger partial charge in [0.2, 0.25) is 0 Å². The van der Waals surface area contributed by atoms with Gasteiger partial charge in [0, 0.05) is 16.8 Å². The number of rotatable bonds is 4. The third kappa shape index (κ3) is 4.32. The first-order valence-corrected chi connectivity index (χ1v) is 21.9. The van der Waals surface area contributed by atoms with Crippen molar-refractivity contribution < 1.29 is 0 Å². The summed E-state index contributed by atoms with van der Waals surface area (Å²) in [5.74, 6) is 6.34. The molecule has 0 atom stereocenters. The second-order valence-corrected chi connectivity index (χ2v) is 21.5. The first-order valence-electron chi connectivity index (χ1n) is 21.9. The van der Waals surface area contributed by atoms with E-state index in [1.807, 2.05) is 0 Å². The average molecular weight is 698 g/mol. The van der Waals surface area contributed by atoms with Gasteiger partial charge in [-0.25, -0.2) is 0 Å². The smallest absolute Gasteiger partial charge is 0.0502 e. The zero-order valence-electron chi connectivity index (χ0n) is 32.8. The lowest BCUT2D eigenvalue weighted by atomic mass is 9.43. The number of hydrogen-bond acceptors (Lipinski definition) is 1. The largest absolute Gasteiger partial charge is 0.310 e. The zero-order valence-corrected chi connectivity index (χ0v) is 32.8. The van der Waals surface area contributed by atoms with Crippen molar-refractivity contribution in [3.8, 4) is 11.1 Å². The van der Waals surface area contributed by atoms with Crippen molar-refractivity contribution in [1.82, 2.24) is 0 Å². The lowest BCUT2D eigenvalue weighted by molar-refractivity contribution is -0.0399. The Kier molecular flexibility index (Phi) is 6.46. The summed E-state index contributed by atoms with van der Waals surface area (Å²) in [5.41, 5.74) is 16.1. The van der Waals surface area contributed by atoms with E-state index in [1.165, 1.54) is 112 Å². The molecule has 14 rings (SSSR count). The predicted octanol–water partition coefficient (Wildman–Crippen LogP) is 13.7. The topological polar surface area (TPSA) is 3.24 Å². The van der Waals surface area contributed by atoms with E-state index in [0.29, 0.717) is 5.41 Å². The third-order valence-corrected chi connectivity index (χ3v) is 17.6. The third-order valence-electron chi connectivity index (χ3n) is 17.6. The van der Waals surface area contributed by atoms with Gasteiger partial charge in [0.05, 0.1) is 5.69 Å². The van der Waals surface area contributed by atoms with Crippen molar-refractivity contribution in [3.05, 3.63) is 113 Å². The summed E-state index contributed by atoms with van der Waals surface area (Å²) in [4.78, 5) is 2.72. The molecule has 10 aliphatic rings. The Morgan fingerprint density at radius 1 is 0.491 bits per heavy atom. The highest BCUT2D eigenvalue weighted by Crippen LogP contribution is 2.70. The van der Waals surface area contributed by atoms with Crippen molar-refractivity contribution in [2.45, 2.75) is 133 Å². The maximum absolute atomic E-state index is 2.73. The zero-order chi connectivity index (χ0) is 35.5. The highest BCUT2D eigenvalue weighted by atomic mass is 15.1. The van der Waals surface area contributed by atoms with E-state index in [0.717, 1.165) is 41.4 Å². The van der Waals surface area contributed by atoms with E-state index >= 15 is 0 Å². The molecule has 10 aliphatic carbocycles. The Morgan fingerprint density at radius 3 is 1.74 bits per heavy atom. The number of anilines is 3. The summed E-state index contributed by atoms with van der Waals surface area (Å²) < 4.78 is 0. The molecule has 0 aliphatic heterocycles. The minimum Gasteiger partial charge on any atom is -0.310 e. The van der Waals surface area contributed by atoms with Gasteiger partial charge < -0.3 is 4.90 Å². The predicted molar refractivity (Wildman–Crippen MR) is 220 cm³/mol. The summed E-state index contributed by atoms with van der Waals surface area (Å²) in [6.07, 6.45) is 18.4. The molecule has 0 heterocycles. The Hall–Kier alpha value is -3.32. The van der Waals surface area contributed by atoms with Crippen LogP contribution in [0, 0.1) is 41.4 Å². The number of hydrogen-bond donors (Lipinski definition) is 0. The van der Waals surface area contributed by atoms with Crippen LogP contribution in [0.3, 0.4) is 0 Å². The lowest BCUT2D eigenvalue weighted by Crippen LogP contribution is -2.55. The Labute approximate surface area is 319 Å². The molecule has 8 saturated carbocycles. The molecular weight excluding hydrogens is 639 g/mol. The van der Waals surface area contributed by atoms with Crippen LogP contribution in [0.1, 0.15) is 139 Å². The molecule has 1 spiro atoms. The van der Waals surface area contributed by atoms with E-state index in [4.69, 9.17) is 0 Å². The van der Waals surface area contributed by atoms with E-state index in [1.54, 1.807) is 27.8 Å². The minimum atomic E-state index is 0.106. The molecule has 53 heavy (non-hydrogen) atoms. The van der Waals surface area contributed by atoms with Gasteiger partial charge in [-0.05, 0) is 210 Å². The van der Waals surface area contributed by atoms with Crippen LogP contribution >= 0.6 is 0 Å². The van der Waals surface area contributed by atoms with Gasteiger partial charge in [-0.15, -0.1) is 0 Å². The molecule has 8 fully saturated rings. The van der Waals surface area contributed by atoms with Crippen molar-refractivity contribution >= 4 is 17.1 Å². The van der Waals surface area contributed by atoms with Gasteiger partial charge in [-0.1, -0.05) is 82.3 Å². The van der Waals surface area contributed by atoms with Gasteiger partial charge in [0.1, 0.15) is 0 Å². The van der Waals surface area contributed by atoms with Crippen molar-refractivity contribution in [2.75, 3.05) is 4.90 Å². The molecule has 0 amide bonds. The molecular formula is C52H59N. The van der Waals surface area contributed by atoms with Crippen LogP contribution in [0.5, 0.6) is 0 Å². The quantitative estimate of drug-likeness (QED) is 0.205. The average Bonchev–Trinajstić information content (AvgIpc) is 3.42. The fraction of sp³-hybridized carbons (Fsp3) is 0.538. The molecule has 0 radical (unpaired) electrons. The van der Waals surface area contributed by atoms with E-state index in [9.17, 15) is 0 Å². The van der Waals surface area contributed by atoms with Crippen LogP contribution in [-0.4, -0.2) is 0 Å². The number of fused-ring (bicyclic) bond motifs is 4. The van der Waals surface area contributed by atoms with Crippen LogP contribution in [0.4, 0.5) is 17.1 Å². The normalized spacial score (nSPS) is 37.1. The van der Waals surface area contributed by atoms with Gasteiger partial charge in [0.15, 0.2) is 0 Å². The minimum absolute atomic E-state index is 0.106. The van der Waals surface area contributed by atoms with Gasteiger partial charge in [-0.2, -0.15) is 0 Å². The molecule has 0 unspecified atom stereocenters.